The van der Waals surface area contributed by atoms with Crippen LogP contribution >= 0.6 is 0 Å². The largest absolute Gasteiger partial charge is 0.339 e. The van der Waals surface area contributed by atoms with Gasteiger partial charge < -0.3 is 14.4 Å². The maximum Gasteiger partial charge on any atom is 0.260 e. The summed E-state index contributed by atoms with van der Waals surface area (Å²) in [5.74, 6) is -0.562. The molecular formula is C22H18F2N4O2. The molecule has 2 aromatic heterocycles. The number of halogens is 2. The number of aromatic nitrogens is 3. The second-order valence-corrected chi connectivity index (χ2v) is 6.83. The van der Waals surface area contributed by atoms with Crippen LogP contribution in [0.2, 0.25) is 0 Å². The molecule has 8 heteroatoms. The van der Waals surface area contributed by atoms with Crippen LogP contribution in [0.4, 0.5) is 14.5 Å². The third-order valence-corrected chi connectivity index (χ3v) is 4.78. The van der Waals surface area contributed by atoms with E-state index in [1.165, 1.54) is 24.3 Å². The molecule has 0 fully saturated rings. The molecule has 0 saturated heterocycles. The first-order chi connectivity index (χ1) is 14.4. The Morgan fingerprint density at radius 2 is 1.83 bits per heavy atom. The quantitative estimate of drug-likeness (QED) is 0.518. The number of nitrogens with one attached hydrogen (secondary N) is 1. The highest BCUT2D eigenvalue weighted by molar-refractivity contribution is 5.90. The average molecular weight is 408 g/mol. The normalized spacial score (nSPS) is 10.9. The van der Waals surface area contributed by atoms with Crippen molar-refractivity contribution in [1.82, 2.24) is 14.7 Å². The van der Waals surface area contributed by atoms with Crippen molar-refractivity contribution >= 4 is 11.6 Å². The lowest BCUT2D eigenvalue weighted by atomic mass is 10.2. The molecule has 2 heterocycles. The van der Waals surface area contributed by atoms with E-state index in [2.05, 4.69) is 15.5 Å². The van der Waals surface area contributed by atoms with Gasteiger partial charge in [0, 0.05) is 17.0 Å². The third-order valence-electron chi connectivity index (χ3n) is 4.78. The first-order valence-corrected chi connectivity index (χ1v) is 9.23. The van der Waals surface area contributed by atoms with Crippen LogP contribution in [0, 0.1) is 25.5 Å². The number of hydrogen-bond acceptors (Lipinski definition) is 4. The lowest BCUT2D eigenvalue weighted by Crippen LogP contribution is -2.20. The van der Waals surface area contributed by atoms with Crippen LogP contribution in [0.1, 0.15) is 11.4 Å². The Balaban J connectivity index is 1.56. The lowest BCUT2D eigenvalue weighted by Gasteiger charge is -2.10. The van der Waals surface area contributed by atoms with Crippen molar-refractivity contribution in [3.8, 4) is 22.8 Å². The van der Waals surface area contributed by atoms with Gasteiger partial charge in [-0.15, -0.1) is 0 Å². The standard InChI is InChI=1S/C22H18F2N4O2/c1-13-11-17(22-26-21(27-30-22)15-7-9-16(23)10-8-15)14(2)28(13)12-20(29)25-19-6-4-3-5-18(19)24/h3-11H,12H2,1-2H3,(H,25,29). The van der Waals surface area contributed by atoms with E-state index in [9.17, 15) is 13.6 Å². The molecule has 0 radical (unpaired) electrons. The molecule has 0 saturated carbocycles. The third kappa shape index (κ3) is 3.84. The van der Waals surface area contributed by atoms with Gasteiger partial charge in [0.1, 0.15) is 18.2 Å². The van der Waals surface area contributed by atoms with Crippen LogP contribution in [0.25, 0.3) is 22.8 Å². The Morgan fingerprint density at radius 1 is 1.10 bits per heavy atom. The number of amides is 1. The number of para-hydroxylation sites is 1. The predicted molar refractivity (Wildman–Crippen MR) is 108 cm³/mol. The minimum Gasteiger partial charge on any atom is -0.339 e. The Labute approximate surface area is 171 Å². The van der Waals surface area contributed by atoms with Crippen molar-refractivity contribution in [2.75, 3.05) is 5.32 Å². The monoisotopic (exact) mass is 408 g/mol. The van der Waals surface area contributed by atoms with Crippen LogP contribution in [-0.4, -0.2) is 20.6 Å². The van der Waals surface area contributed by atoms with Gasteiger partial charge in [0.2, 0.25) is 11.7 Å². The average Bonchev–Trinajstić information content (AvgIpc) is 3.31. The molecule has 0 spiro atoms. The molecule has 1 N–H and O–H groups in total. The van der Waals surface area contributed by atoms with E-state index in [4.69, 9.17) is 4.52 Å². The highest BCUT2D eigenvalue weighted by atomic mass is 19.1. The van der Waals surface area contributed by atoms with E-state index in [1.807, 2.05) is 19.9 Å². The molecule has 4 aromatic rings. The Hall–Kier alpha value is -3.81. The first-order valence-electron chi connectivity index (χ1n) is 9.23. The van der Waals surface area contributed by atoms with E-state index in [1.54, 1.807) is 28.8 Å². The molecule has 4 rings (SSSR count). The van der Waals surface area contributed by atoms with Gasteiger partial charge in [-0.1, -0.05) is 17.3 Å². The van der Waals surface area contributed by atoms with Gasteiger partial charge >= 0.3 is 0 Å². The van der Waals surface area contributed by atoms with E-state index in [0.717, 1.165) is 11.4 Å². The van der Waals surface area contributed by atoms with E-state index < -0.39 is 5.82 Å². The molecule has 0 atom stereocenters. The first kappa shape index (κ1) is 19.5. The van der Waals surface area contributed by atoms with Crippen LogP contribution in [0.15, 0.2) is 59.1 Å². The zero-order valence-corrected chi connectivity index (χ0v) is 16.3. The molecule has 0 bridgehead atoms. The minimum absolute atomic E-state index is 0.00492. The second-order valence-electron chi connectivity index (χ2n) is 6.83. The van der Waals surface area contributed by atoms with Crippen molar-refractivity contribution in [2.45, 2.75) is 20.4 Å². The number of carbonyl (C=O) groups is 1. The van der Waals surface area contributed by atoms with Crippen LogP contribution in [0.5, 0.6) is 0 Å². The smallest absolute Gasteiger partial charge is 0.260 e. The number of nitrogens with zero attached hydrogens (tertiary/aromatic N) is 3. The van der Waals surface area contributed by atoms with Crippen molar-refractivity contribution in [1.29, 1.82) is 0 Å². The fourth-order valence-electron chi connectivity index (χ4n) is 3.21. The molecule has 30 heavy (non-hydrogen) atoms. The van der Waals surface area contributed by atoms with Crippen LogP contribution < -0.4 is 5.32 Å². The summed E-state index contributed by atoms with van der Waals surface area (Å²) in [6.07, 6.45) is 0. The predicted octanol–water partition coefficient (Wildman–Crippen LogP) is 4.74. The molecule has 1 amide bonds. The number of benzene rings is 2. The molecular weight excluding hydrogens is 390 g/mol. The summed E-state index contributed by atoms with van der Waals surface area (Å²) in [6.45, 7) is 3.69. The number of aryl methyl sites for hydroxylation is 1. The van der Waals surface area contributed by atoms with Crippen molar-refractivity contribution in [3.63, 3.8) is 0 Å². The highest BCUT2D eigenvalue weighted by Crippen LogP contribution is 2.28. The maximum absolute atomic E-state index is 13.8. The zero-order valence-electron chi connectivity index (χ0n) is 16.3. The molecule has 0 unspecified atom stereocenters. The maximum atomic E-state index is 13.8. The van der Waals surface area contributed by atoms with E-state index in [0.29, 0.717) is 22.8 Å². The topological polar surface area (TPSA) is 73.0 Å². The summed E-state index contributed by atoms with van der Waals surface area (Å²) in [6, 6.07) is 13.6. The van der Waals surface area contributed by atoms with E-state index in [-0.39, 0.29) is 24.0 Å². The molecule has 0 aliphatic rings. The summed E-state index contributed by atoms with van der Waals surface area (Å²) in [4.78, 5) is 16.8. The van der Waals surface area contributed by atoms with Crippen LogP contribution in [-0.2, 0) is 11.3 Å². The Bertz CT molecular complexity index is 1210. The fraction of sp³-hybridized carbons (Fsp3) is 0.136. The van der Waals surface area contributed by atoms with Gasteiger partial charge in [-0.05, 0) is 56.3 Å². The zero-order chi connectivity index (χ0) is 21.3. The van der Waals surface area contributed by atoms with Gasteiger partial charge in [-0.25, -0.2) is 8.78 Å². The van der Waals surface area contributed by atoms with Gasteiger partial charge in [0.05, 0.1) is 11.3 Å². The van der Waals surface area contributed by atoms with E-state index >= 15 is 0 Å². The molecule has 152 valence electrons. The number of rotatable bonds is 5. The van der Waals surface area contributed by atoms with Crippen molar-refractivity contribution in [3.05, 3.63) is 77.6 Å². The second kappa shape index (κ2) is 7.90. The van der Waals surface area contributed by atoms with Gasteiger partial charge in [0.15, 0.2) is 0 Å². The summed E-state index contributed by atoms with van der Waals surface area (Å²) in [5, 5.41) is 6.54. The summed E-state index contributed by atoms with van der Waals surface area (Å²) in [5.41, 5.74) is 3.01. The minimum atomic E-state index is -0.494. The molecule has 0 aliphatic heterocycles. The van der Waals surface area contributed by atoms with Crippen molar-refractivity contribution in [2.24, 2.45) is 0 Å². The molecule has 6 nitrogen and oxygen atoms in total. The summed E-state index contributed by atoms with van der Waals surface area (Å²) in [7, 11) is 0. The summed E-state index contributed by atoms with van der Waals surface area (Å²) >= 11 is 0. The van der Waals surface area contributed by atoms with Crippen LogP contribution in [0.3, 0.4) is 0 Å². The molecule has 2 aromatic carbocycles. The van der Waals surface area contributed by atoms with Gasteiger partial charge in [-0.3, -0.25) is 4.79 Å². The SMILES string of the molecule is Cc1cc(-c2nc(-c3ccc(F)cc3)no2)c(C)n1CC(=O)Nc1ccccc1F. The number of anilines is 1. The summed E-state index contributed by atoms with van der Waals surface area (Å²) < 4.78 is 34.1. The van der Waals surface area contributed by atoms with Gasteiger partial charge in [-0.2, -0.15) is 4.98 Å². The highest BCUT2D eigenvalue weighted by Gasteiger charge is 2.19. The Morgan fingerprint density at radius 3 is 2.57 bits per heavy atom. The fourth-order valence-corrected chi connectivity index (χ4v) is 3.21. The number of hydrogen-bond donors (Lipinski definition) is 1. The number of carbonyl (C=O) groups excluding carboxylic acids is 1. The lowest BCUT2D eigenvalue weighted by molar-refractivity contribution is -0.116. The van der Waals surface area contributed by atoms with Gasteiger partial charge in [0.25, 0.3) is 5.89 Å². The molecule has 0 aliphatic carbocycles. The van der Waals surface area contributed by atoms with Crippen molar-refractivity contribution < 1.29 is 18.1 Å². The Kier molecular flexibility index (Phi) is 5.14.